The van der Waals surface area contributed by atoms with Crippen molar-refractivity contribution in [1.29, 1.82) is 0 Å². The number of carbonyl (C=O) groups is 2. The fourth-order valence-corrected chi connectivity index (χ4v) is 4.68. The van der Waals surface area contributed by atoms with E-state index in [1.54, 1.807) is 0 Å². The van der Waals surface area contributed by atoms with E-state index in [0.717, 1.165) is 10.9 Å². The Labute approximate surface area is 219 Å². The maximum absolute atomic E-state index is 15.1. The summed E-state index contributed by atoms with van der Waals surface area (Å²) in [6, 6.07) is 5.56. The fourth-order valence-electron chi connectivity index (χ4n) is 4.00. The van der Waals surface area contributed by atoms with E-state index in [9.17, 15) is 33.3 Å². The first-order valence-corrected chi connectivity index (χ1v) is 12.6. The van der Waals surface area contributed by atoms with Crippen LogP contribution in [0.5, 0.6) is 0 Å². The number of imidazole rings is 1. The summed E-state index contributed by atoms with van der Waals surface area (Å²) in [6.45, 7) is -0.810. The highest BCUT2D eigenvalue weighted by Gasteiger charge is 2.52. The number of alkyl halides is 1. The second kappa shape index (κ2) is 10.7. The van der Waals surface area contributed by atoms with Gasteiger partial charge in [-0.2, -0.15) is 9.97 Å². The molecule has 2 aromatic heterocycles. The van der Waals surface area contributed by atoms with Crippen LogP contribution in [-0.4, -0.2) is 85.8 Å². The van der Waals surface area contributed by atoms with Gasteiger partial charge < -0.3 is 30.5 Å². The third-order valence-corrected chi connectivity index (χ3v) is 6.75. The number of aliphatic hydroxyl groups is 1. The highest BCUT2D eigenvalue weighted by atomic mass is 35.5. The molecule has 38 heavy (non-hydrogen) atoms. The van der Waals surface area contributed by atoms with E-state index in [4.69, 9.17) is 26.8 Å². The van der Waals surface area contributed by atoms with Crippen LogP contribution >= 0.6 is 11.6 Å². The van der Waals surface area contributed by atoms with Crippen LogP contribution in [0, 0.1) is 0 Å². The first kappa shape index (κ1) is 27.6. The van der Waals surface area contributed by atoms with Gasteiger partial charge in [-0.15, -0.1) is 0 Å². The molecule has 17 heteroatoms. The summed E-state index contributed by atoms with van der Waals surface area (Å²) < 4.78 is 48.8. The van der Waals surface area contributed by atoms with Gasteiger partial charge in [0.15, 0.2) is 23.9 Å². The topological polar surface area (TPSA) is 217 Å². The molecule has 1 fully saturated rings. The third kappa shape index (κ3) is 5.25. The molecule has 4 atom stereocenters. The monoisotopic (exact) mass is 573 g/mol. The van der Waals surface area contributed by atoms with Crippen LogP contribution in [0.4, 0.5) is 10.2 Å². The van der Waals surface area contributed by atoms with Crippen LogP contribution < -0.4 is 5.73 Å². The predicted octanol–water partition coefficient (Wildman–Crippen LogP) is -0.0630. The van der Waals surface area contributed by atoms with E-state index in [0.29, 0.717) is 5.56 Å². The molecule has 0 unspecified atom stereocenters. The van der Waals surface area contributed by atoms with Gasteiger partial charge in [-0.1, -0.05) is 24.3 Å². The van der Waals surface area contributed by atoms with Crippen LogP contribution in [0.15, 0.2) is 30.6 Å². The molecule has 3 aromatic rings. The highest BCUT2D eigenvalue weighted by molar-refractivity contribution is 7.71. The summed E-state index contributed by atoms with van der Waals surface area (Å²) in [5, 5.41) is 29.7. The molecule has 4 rings (SSSR count). The first-order chi connectivity index (χ1) is 17.9. The number of benzene rings is 1. The average Bonchev–Trinajstić information content (AvgIpc) is 3.38. The number of nitrogen functional groups attached to an aromatic ring is 1. The fraction of sp³-hybridized carbons (Fsp3) is 0.381. The molecule has 1 aromatic carbocycles. The number of rotatable bonds is 10. The van der Waals surface area contributed by atoms with Crippen LogP contribution in [0.25, 0.3) is 11.2 Å². The van der Waals surface area contributed by atoms with Crippen molar-refractivity contribution in [1.82, 2.24) is 19.5 Å². The second-order valence-electron chi connectivity index (χ2n) is 8.43. The molecular weight excluding hydrogens is 553 g/mol. The minimum Gasteiger partial charge on any atom is -0.479 e. The quantitative estimate of drug-likeness (QED) is 0.122. The third-order valence-electron chi connectivity index (χ3n) is 5.96. The molecule has 1 aliphatic rings. The molecule has 3 heterocycles. The Balaban J connectivity index is 1.54. The van der Waals surface area contributed by atoms with Gasteiger partial charge in [-0.25, -0.2) is 27.4 Å². The van der Waals surface area contributed by atoms with Crippen molar-refractivity contribution in [2.45, 2.75) is 42.4 Å². The Morgan fingerprint density at radius 2 is 1.82 bits per heavy atom. The minimum absolute atomic E-state index is 0.0132. The Kier molecular flexibility index (Phi) is 7.80. The zero-order valence-electron chi connectivity index (χ0n) is 19.2. The predicted molar refractivity (Wildman–Crippen MR) is 128 cm³/mol. The number of anilines is 1. The van der Waals surface area contributed by atoms with E-state index in [1.807, 2.05) is 0 Å². The number of fused-ring (bicyclic) bond motifs is 1. The molecular formula is C21H21ClFN5O9S. The van der Waals surface area contributed by atoms with E-state index < -0.39 is 65.9 Å². The van der Waals surface area contributed by atoms with Crippen molar-refractivity contribution in [3.8, 4) is 0 Å². The molecule has 0 aliphatic carbocycles. The van der Waals surface area contributed by atoms with Gasteiger partial charge in [0, 0.05) is 6.42 Å². The average molecular weight is 574 g/mol. The summed E-state index contributed by atoms with van der Waals surface area (Å²) in [7, 11) is -2.69. The number of nitrogens with two attached hydrogens (primary N) is 1. The standard InChI is InChI=1S/C21H21ClFN5O9S/c22-20-26-15(24)13-16(27-20)28(8-25-13)17-12(23)14(29)11(37-17)6-36-21(18(30)31,19(32)33)5-9-1-3-10(4-2-9)7-38(34)35/h1-4,8,11-12,14,17,29,38H,5-7H2,(H,30,31)(H,32,33)(H2,24,26,27)/t11-,12+,14-,17-/m1/s1. The smallest absolute Gasteiger partial charge is 0.348 e. The number of carboxylic acids is 2. The Hall–Kier alpha value is -3.44. The minimum atomic E-state index is -2.82. The normalized spacial score (nSPS) is 21.8. The Morgan fingerprint density at radius 3 is 2.42 bits per heavy atom. The van der Waals surface area contributed by atoms with Crippen LogP contribution in [-0.2, 0) is 41.9 Å². The van der Waals surface area contributed by atoms with Crippen LogP contribution in [0.1, 0.15) is 17.4 Å². The largest absolute Gasteiger partial charge is 0.479 e. The lowest BCUT2D eigenvalue weighted by molar-refractivity contribution is -0.190. The first-order valence-electron chi connectivity index (χ1n) is 10.9. The Morgan fingerprint density at radius 1 is 1.18 bits per heavy atom. The van der Waals surface area contributed by atoms with Gasteiger partial charge in [0.2, 0.25) is 5.28 Å². The molecule has 0 spiro atoms. The van der Waals surface area contributed by atoms with Gasteiger partial charge >= 0.3 is 11.9 Å². The molecule has 14 nitrogen and oxygen atoms in total. The highest BCUT2D eigenvalue weighted by Crippen LogP contribution is 2.35. The number of aliphatic hydroxyl groups excluding tert-OH is 1. The lowest BCUT2D eigenvalue weighted by atomic mass is 9.93. The number of ether oxygens (including phenoxy) is 2. The summed E-state index contributed by atoms with van der Waals surface area (Å²) in [5.74, 6) is -4.01. The van der Waals surface area contributed by atoms with Gasteiger partial charge in [0.05, 0.1) is 18.7 Å². The van der Waals surface area contributed by atoms with Crippen LogP contribution in [0.3, 0.4) is 0 Å². The van der Waals surface area contributed by atoms with Gasteiger partial charge in [0.25, 0.3) is 5.60 Å². The second-order valence-corrected chi connectivity index (χ2v) is 9.75. The zero-order chi connectivity index (χ0) is 27.8. The molecule has 204 valence electrons. The van der Waals surface area contributed by atoms with Crippen molar-refractivity contribution in [2.75, 3.05) is 12.3 Å². The molecule has 1 saturated heterocycles. The molecule has 0 saturated carbocycles. The van der Waals surface area contributed by atoms with E-state index >= 15 is 4.39 Å². The number of hydrogen-bond acceptors (Lipinski definition) is 11. The molecule has 0 amide bonds. The van der Waals surface area contributed by atoms with Gasteiger partial charge in [-0.05, 0) is 22.7 Å². The molecule has 5 N–H and O–H groups in total. The number of nitrogens with zero attached hydrogens (tertiary/aromatic N) is 4. The SMILES string of the molecule is Nc1nc(Cl)nc2c1ncn2[C@@H]1O[C@H](COC(Cc2ccc(C[SH](=O)=O)cc2)(C(=O)O)C(=O)O)[C@@H](O)[C@@H]1F. The number of thiol groups is 1. The maximum atomic E-state index is 15.1. The number of carboxylic acid groups (broad SMARTS) is 2. The lowest BCUT2D eigenvalue weighted by Gasteiger charge is -2.27. The number of halogens is 2. The van der Waals surface area contributed by atoms with Crippen molar-refractivity contribution >= 4 is 51.2 Å². The summed E-state index contributed by atoms with van der Waals surface area (Å²) in [5.41, 5.74) is 3.68. The maximum Gasteiger partial charge on any atom is 0.348 e. The summed E-state index contributed by atoms with van der Waals surface area (Å²) in [6.07, 6.45) is -6.40. The number of aliphatic carboxylic acids is 2. The lowest BCUT2D eigenvalue weighted by Crippen LogP contribution is -2.52. The van der Waals surface area contributed by atoms with E-state index in [-0.39, 0.29) is 33.6 Å². The van der Waals surface area contributed by atoms with E-state index in [2.05, 4.69) is 15.0 Å². The van der Waals surface area contributed by atoms with Crippen molar-refractivity contribution < 1.29 is 47.2 Å². The van der Waals surface area contributed by atoms with Gasteiger partial charge in [0.1, 0.15) is 28.4 Å². The van der Waals surface area contributed by atoms with Crippen molar-refractivity contribution in [3.63, 3.8) is 0 Å². The molecule has 0 bridgehead atoms. The zero-order valence-corrected chi connectivity index (χ0v) is 20.8. The summed E-state index contributed by atoms with van der Waals surface area (Å²) >= 11 is 5.82. The van der Waals surface area contributed by atoms with Crippen LogP contribution in [0.2, 0.25) is 5.28 Å². The van der Waals surface area contributed by atoms with E-state index in [1.165, 1.54) is 24.3 Å². The Bertz CT molecular complexity index is 1430. The molecule has 1 aliphatic heterocycles. The summed E-state index contributed by atoms with van der Waals surface area (Å²) in [4.78, 5) is 35.8. The number of hydrogen-bond donors (Lipinski definition) is 5. The van der Waals surface area contributed by atoms with Crippen molar-refractivity contribution in [2.24, 2.45) is 0 Å². The van der Waals surface area contributed by atoms with Crippen molar-refractivity contribution in [3.05, 3.63) is 47.0 Å². The number of aromatic nitrogens is 4. The molecule has 0 radical (unpaired) electrons. The van der Waals surface area contributed by atoms with Gasteiger partial charge in [-0.3, -0.25) is 4.57 Å².